The number of hydrogen-bond acceptors (Lipinski definition) is 4. The van der Waals surface area contributed by atoms with E-state index in [-0.39, 0.29) is 0 Å². The van der Waals surface area contributed by atoms with Gasteiger partial charge in [-0.25, -0.2) is 0 Å². The van der Waals surface area contributed by atoms with Crippen LogP contribution in [0.5, 0.6) is 11.5 Å². The highest BCUT2D eigenvalue weighted by atomic mass is 16.5. The van der Waals surface area contributed by atoms with Crippen LogP contribution >= 0.6 is 0 Å². The molecule has 0 saturated carbocycles. The highest BCUT2D eigenvalue weighted by molar-refractivity contribution is 5.48. The van der Waals surface area contributed by atoms with E-state index in [4.69, 9.17) is 9.47 Å². The van der Waals surface area contributed by atoms with E-state index < -0.39 is 0 Å². The van der Waals surface area contributed by atoms with Crippen molar-refractivity contribution in [3.63, 3.8) is 0 Å². The lowest BCUT2D eigenvalue weighted by atomic mass is 9.98. The SMILES string of the molecule is CCNCC(C)CN1CCc2cc(OC)c(OC)cc2C1. The van der Waals surface area contributed by atoms with Gasteiger partial charge in [-0.3, -0.25) is 4.90 Å². The lowest BCUT2D eigenvalue weighted by molar-refractivity contribution is 0.217. The van der Waals surface area contributed by atoms with E-state index in [2.05, 4.69) is 36.2 Å². The van der Waals surface area contributed by atoms with Gasteiger partial charge in [0.15, 0.2) is 11.5 Å². The monoisotopic (exact) mass is 292 g/mol. The standard InChI is InChI=1S/C17H28N2O2/c1-5-18-10-13(2)11-19-7-6-14-8-16(20-3)17(21-4)9-15(14)12-19/h8-9,13,18H,5-7,10-12H2,1-4H3. The number of ether oxygens (including phenoxy) is 2. The van der Waals surface area contributed by atoms with Crippen molar-refractivity contribution in [3.8, 4) is 11.5 Å². The molecule has 4 heteroatoms. The van der Waals surface area contributed by atoms with Crippen LogP contribution < -0.4 is 14.8 Å². The summed E-state index contributed by atoms with van der Waals surface area (Å²) in [5.41, 5.74) is 2.76. The van der Waals surface area contributed by atoms with Gasteiger partial charge in [0.1, 0.15) is 0 Å². The van der Waals surface area contributed by atoms with Gasteiger partial charge in [-0.15, -0.1) is 0 Å². The Bertz CT molecular complexity index is 462. The molecule has 1 heterocycles. The van der Waals surface area contributed by atoms with Gasteiger partial charge in [-0.05, 0) is 48.7 Å². The van der Waals surface area contributed by atoms with E-state index in [0.717, 1.165) is 50.6 Å². The quantitative estimate of drug-likeness (QED) is 0.836. The molecule has 0 saturated heterocycles. The molecular weight excluding hydrogens is 264 g/mol. The fraction of sp³-hybridized carbons (Fsp3) is 0.647. The Balaban J connectivity index is 2.02. The van der Waals surface area contributed by atoms with E-state index in [1.54, 1.807) is 14.2 Å². The average molecular weight is 292 g/mol. The van der Waals surface area contributed by atoms with Gasteiger partial charge in [-0.1, -0.05) is 13.8 Å². The molecular formula is C17H28N2O2. The summed E-state index contributed by atoms with van der Waals surface area (Å²) in [7, 11) is 3.39. The molecule has 118 valence electrons. The summed E-state index contributed by atoms with van der Waals surface area (Å²) in [5.74, 6) is 2.34. The van der Waals surface area contributed by atoms with Crippen LogP contribution in [0.2, 0.25) is 0 Å². The van der Waals surface area contributed by atoms with Gasteiger partial charge in [0.25, 0.3) is 0 Å². The fourth-order valence-corrected chi connectivity index (χ4v) is 2.99. The summed E-state index contributed by atoms with van der Waals surface area (Å²) in [4.78, 5) is 2.54. The summed E-state index contributed by atoms with van der Waals surface area (Å²) in [6.07, 6.45) is 1.09. The molecule has 1 aromatic rings. The predicted octanol–water partition coefficient (Wildman–Crippen LogP) is 2.31. The molecule has 0 bridgehead atoms. The van der Waals surface area contributed by atoms with Crippen LogP contribution in [0.15, 0.2) is 12.1 Å². The van der Waals surface area contributed by atoms with Crippen molar-refractivity contribution in [1.29, 1.82) is 0 Å². The third-order valence-electron chi connectivity index (χ3n) is 4.11. The van der Waals surface area contributed by atoms with E-state index in [1.807, 2.05) is 0 Å². The molecule has 1 N–H and O–H groups in total. The van der Waals surface area contributed by atoms with Crippen LogP contribution in [-0.2, 0) is 13.0 Å². The fourth-order valence-electron chi connectivity index (χ4n) is 2.99. The molecule has 1 atom stereocenters. The number of rotatable bonds is 7. The normalized spacial score (nSPS) is 16.4. The van der Waals surface area contributed by atoms with Crippen molar-refractivity contribution in [1.82, 2.24) is 10.2 Å². The van der Waals surface area contributed by atoms with Crippen molar-refractivity contribution >= 4 is 0 Å². The molecule has 1 unspecified atom stereocenters. The van der Waals surface area contributed by atoms with Gasteiger partial charge in [0.2, 0.25) is 0 Å². The third-order valence-corrected chi connectivity index (χ3v) is 4.11. The lowest BCUT2D eigenvalue weighted by Gasteiger charge is -2.31. The minimum atomic E-state index is 0.673. The van der Waals surface area contributed by atoms with Crippen molar-refractivity contribution < 1.29 is 9.47 Å². The Hall–Kier alpha value is -1.26. The van der Waals surface area contributed by atoms with Crippen molar-refractivity contribution in [3.05, 3.63) is 23.3 Å². The molecule has 2 rings (SSSR count). The maximum atomic E-state index is 5.42. The van der Waals surface area contributed by atoms with Crippen LogP contribution in [0.25, 0.3) is 0 Å². The number of hydrogen-bond donors (Lipinski definition) is 1. The third kappa shape index (κ3) is 4.11. The second-order valence-electron chi connectivity index (χ2n) is 5.87. The van der Waals surface area contributed by atoms with E-state index in [9.17, 15) is 0 Å². The minimum Gasteiger partial charge on any atom is -0.493 e. The largest absolute Gasteiger partial charge is 0.493 e. The van der Waals surface area contributed by atoms with Gasteiger partial charge < -0.3 is 14.8 Å². The van der Waals surface area contributed by atoms with Crippen LogP contribution in [0, 0.1) is 5.92 Å². The number of nitrogens with one attached hydrogen (secondary N) is 1. The average Bonchev–Trinajstić information content (AvgIpc) is 2.51. The molecule has 0 spiro atoms. The highest BCUT2D eigenvalue weighted by Crippen LogP contribution is 2.33. The Morgan fingerprint density at radius 2 is 1.86 bits per heavy atom. The van der Waals surface area contributed by atoms with Crippen molar-refractivity contribution in [2.24, 2.45) is 5.92 Å². The number of benzene rings is 1. The summed E-state index contributed by atoms with van der Waals surface area (Å²) in [5, 5.41) is 3.43. The van der Waals surface area contributed by atoms with Crippen LogP contribution in [0.3, 0.4) is 0 Å². The lowest BCUT2D eigenvalue weighted by Crippen LogP contribution is -2.36. The van der Waals surface area contributed by atoms with Gasteiger partial charge >= 0.3 is 0 Å². The molecule has 4 nitrogen and oxygen atoms in total. The van der Waals surface area contributed by atoms with E-state index >= 15 is 0 Å². The first-order chi connectivity index (χ1) is 10.2. The Morgan fingerprint density at radius 3 is 2.48 bits per heavy atom. The number of fused-ring (bicyclic) bond motifs is 1. The molecule has 0 aromatic heterocycles. The second kappa shape index (κ2) is 7.66. The molecule has 1 aromatic carbocycles. The Morgan fingerprint density at radius 1 is 1.19 bits per heavy atom. The van der Waals surface area contributed by atoms with E-state index in [0.29, 0.717) is 5.92 Å². The highest BCUT2D eigenvalue weighted by Gasteiger charge is 2.20. The molecule has 1 aliphatic heterocycles. The topological polar surface area (TPSA) is 33.7 Å². The van der Waals surface area contributed by atoms with Crippen molar-refractivity contribution in [2.45, 2.75) is 26.8 Å². The first-order valence-corrected chi connectivity index (χ1v) is 7.84. The zero-order chi connectivity index (χ0) is 15.2. The van der Waals surface area contributed by atoms with Gasteiger partial charge in [0, 0.05) is 19.6 Å². The Kier molecular flexibility index (Phi) is 5.88. The molecule has 1 aliphatic rings. The molecule has 0 amide bonds. The summed E-state index contributed by atoms with van der Waals surface area (Å²) < 4.78 is 10.8. The van der Waals surface area contributed by atoms with Gasteiger partial charge in [0.05, 0.1) is 14.2 Å². The van der Waals surface area contributed by atoms with Crippen LogP contribution in [0.1, 0.15) is 25.0 Å². The summed E-state index contributed by atoms with van der Waals surface area (Å²) >= 11 is 0. The van der Waals surface area contributed by atoms with Crippen LogP contribution in [-0.4, -0.2) is 45.3 Å². The molecule has 0 fully saturated rings. The molecule has 21 heavy (non-hydrogen) atoms. The zero-order valence-corrected chi connectivity index (χ0v) is 13.7. The number of methoxy groups -OCH3 is 2. The van der Waals surface area contributed by atoms with Crippen molar-refractivity contribution in [2.75, 3.05) is 40.4 Å². The first-order valence-electron chi connectivity index (χ1n) is 7.84. The maximum absolute atomic E-state index is 5.42. The van der Waals surface area contributed by atoms with Gasteiger partial charge in [-0.2, -0.15) is 0 Å². The van der Waals surface area contributed by atoms with Crippen LogP contribution in [0.4, 0.5) is 0 Å². The molecule has 0 radical (unpaired) electrons. The minimum absolute atomic E-state index is 0.673. The summed E-state index contributed by atoms with van der Waals surface area (Å²) in [6.45, 7) is 9.87. The zero-order valence-electron chi connectivity index (χ0n) is 13.7. The number of nitrogens with zero attached hydrogens (tertiary/aromatic N) is 1. The smallest absolute Gasteiger partial charge is 0.161 e. The summed E-state index contributed by atoms with van der Waals surface area (Å²) in [6, 6.07) is 4.27. The first kappa shape index (κ1) is 16.1. The Labute approximate surface area is 128 Å². The second-order valence-corrected chi connectivity index (χ2v) is 5.87. The maximum Gasteiger partial charge on any atom is 0.161 e. The predicted molar refractivity (Wildman–Crippen MR) is 86.2 cm³/mol. The van der Waals surface area contributed by atoms with E-state index in [1.165, 1.54) is 11.1 Å². The molecule has 0 aliphatic carbocycles.